The van der Waals surface area contributed by atoms with Crippen LogP contribution in [0, 0.1) is 0 Å². The first kappa shape index (κ1) is 10.7. The topological polar surface area (TPSA) is 34.9 Å². The predicted octanol–water partition coefficient (Wildman–Crippen LogP) is 2.44. The largest absolute Gasteiger partial charge is 0.288 e. The summed E-state index contributed by atoms with van der Waals surface area (Å²) in [5.41, 5.74) is 0.677. The minimum absolute atomic E-state index is 0.0396. The van der Waals surface area contributed by atoms with E-state index in [9.17, 15) is 4.79 Å². The van der Waals surface area contributed by atoms with Crippen LogP contribution in [0.15, 0.2) is 24.4 Å². The number of carbonyl (C=O) groups excluding carboxylic acids is 1. The van der Waals surface area contributed by atoms with Crippen LogP contribution < -0.4 is 0 Å². The third kappa shape index (κ3) is 2.55. The molecule has 0 amide bonds. The number of aromatic nitrogens is 2. The van der Waals surface area contributed by atoms with Crippen molar-refractivity contribution in [1.29, 1.82) is 0 Å². The third-order valence-electron chi connectivity index (χ3n) is 1.91. The quantitative estimate of drug-likeness (QED) is 0.530. The Balaban J connectivity index is 2.78. The summed E-state index contributed by atoms with van der Waals surface area (Å²) in [6, 6.07) is 1.76. The standard InChI is InChI=1S/C11H16N2O/c1-3-5-6-11(14)10-7-8-12-13(10)9-4-2/h5-8H,3-4,9H2,1-2H3/b6-5+. The van der Waals surface area contributed by atoms with E-state index in [0.29, 0.717) is 5.69 Å². The van der Waals surface area contributed by atoms with Gasteiger partial charge in [0.25, 0.3) is 0 Å². The maximum Gasteiger partial charge on any atom is 0.203 e. The summed E-state index contributed by atoms with van der Waals surface area (Å²) >= 11 is 0. The molecule has 3 nitrogen and oxygen atoms in total. The highest BCUT2D eigenvalue weighted by molar-refractivity contribution is 6.03. The van der Waals surface area contributed by atoms with Crippen molar-refractivity contribution in [2.45, 2.75) is 33.2 Å². The normalized spacial score (nSPS) is 11.0. The molecule has 1 rings (SSSR count). The third-order valence-corrected chi connectivity index (χ3v) is 1.91. The van der Waals surface area contributed by atoms with E-state index >= 15 is 0 Å². The van der Waals surface area contributed by atoms with E-state index in [1.807, 2.05) is 13.0 Å². The molecule has 1 heterocycles. The average molecular weight is 192 g/mol. The van der Waals surface area contributed by atoms with Crippen molar-refractivity contribution >= 4 is 5.78 Å². The van der Waals surface area contributed by atoms with Gasteiger partial charge in [0.1, 0.15) is 5.69 Å². The van der Waals surface area contributed by atoms with Crippen molar-refractivity contribution in [3.05, 3.63) is 30.1 Å². The zero-order valence-corrected chi connectivity index (χ0v) is 8.73. The summed E-state index contributed by atoms with van der Waals surface area (Å²) in [6.45, 7) is 4.87. The molecule has 0 unspecified atom stereocenters. The van der Waals surface area contributed by atoms with Crippen LogP contribution >= 0.6 is 0 Å². The molecular formula is C11H16N2O. The lowest BCUT2D eigenvalue weighted by molar-refractivity contribution is 0.103. The first-order valence-electron chi connectivity index (χ1n) is 5.02. The number of carbonyl (C=O) groups is 1. The maximum atomic E-state index is 11.6. The first-order valence-corrected chi connectivity index (χ1v) is 5.02. The van der Waals surface area contributed by atoms with Crippen LogP contribution in [0.2, 0.25) is 0 Å². The van der Waals surface area contributed by atoms with Gasteiger partial charge in [0.15, 0.2) is 0 Å². The van der Waals surface area contributed by atoms with Crippen LogP contribution in [-0.4, -0.2) is 15.6 Å². The predicted molar refractivity (Wildman–Crippen MR) is 56.3 cm³/mol. The summed E-state index contributed by atoms with van der Waals surface area (Å²) in [5.74, 6) is 0.0396. The highest BCUT2D eigenvalue weighted by atomic mass is 16.1. The van der Waals surface area contributed by atoms with Crippen molar-refractivity contribution in [2.75, 3.05) is 0 Å². The fourth-order valence-electron chi connectivity index (χ4n) is 1.24. The molecule has 0 fully saturated rings. The molecule has 0 N–H and O–H groups in total. The number of allylic oxidation sites excluding steroid dienone is 2. The van der Waals surface area contributed by atoms with Gasteiger partial charge in [-0.2, -0.15) is 5.10 Å². The molecule has 0 spiro atoms. The second-order valence-corrected chi connectivity index (χ2v) is 3.11. The summed E-state index contributed by atoms with van der Waals surface area (Å²) in [4.78, 5) is 11.6. The molecule has 0 aliphatic heterocycles. The molecule has 76 valence electrons. The smallest absolute Gasteiger partial charge is 0.203 e. The molecule has 14 heavy (non-hydrogen) atoms. The highest BCUT2D eigenvalue weighted by Gasteiger charge is 2.07. The summed E-state index contributed by atoms with van der Waals surface area (Å²) in [5, 5.41) is 4.10. The lowest BCUT2D eigenvalue weighted by Gasteiger charge is -2.01. The van der Waals surface area contributed by atoms with Crippen LogP contribution in [0.4, 0.5) is 0 Å². The summed E-state index contributed by atoms with van der Waals surface area (Å²) in [7, 11) is 0. The minimum Gasteiger partial charge on any atom is -0.288 e. The van der Waals surface area contributed by atoms with Gasteiger partial charge in [-0.05, 0) is 25.0 Å². The van der Waals surface area contributed by atoms with Gasteiger partial charge in [0.2, 0.25) is 5.78 Å². The number of hydrogen-bond donors (Lipinski definition) is 0. The minimum atomic E-state index is 0.0396. The first-order chi connectivity index (χ1) is 6.79. The molecule has 0 aromatic carbocycles. The Morgan fingerprint density at radius 1 is 1.57 bits per heavy atom. The number of aryl methyl sites for hydroxylation is 1. The van der Waals surface area contributed by atoms with Gasteiger partial charge in [-0.1, -0.05) is 19.9 Å². The van der Waals surface area contributed by atoms with Crippen molar-refractivity contribution in [2.24, 2.45) is 0 Å². The summed E-state index contributed by atoms with van der Waals surface area (Å²) < 4.78 is 1.75. The number of nitrogens with zero attached hydrogens (tertiary/aromatic N) is 2. The average Bonchev–Trinajstić information content (AvgIpc) is 2.63. The van der Waals surface area contributed by atoms with Crippen LogP contribution in [0.1, 0.15) is 37.2 Å². The zero-order valence-electron chi connectivity index (χ0n) is 8.73. The Labute approximate surface area is 84.4 Å². The second kappa shape index (κ2) is 5.37. The SMILES string of the molecule is CC/C=C/C(=O)c1ccnn1CCC. The van der Waals surface area contributed by atoms with E-state index in [1.54, 1.807) is 23.0 Å². The van der Waals surface area contributed by atoms with E-state index in [-0.39, 0.29) is 5.78 Å². The summed E-state index contributed by atoms with van der Waals surface area (Å²) in [6.07, 6.45) is 7.02. The second-order valence-electron chi connectivity index (χ2n) is 3.11. The Morgan fingerprint density at radius 2 is 2.36 bits per heavy atom. The number of ketones is 1. The molecule has 3 heteroatoms. The molecule has 0 aliphatic rings. The van der Waals surface area contributed by atoms with Gasteiger partial charge in [-0.3, -0.25) is 9.48 Å². The van der Waals surface area contributed by atoms with Crippen LogP contribution in [0.25, 0.3) is 0 Å². The molecule has 0 bridgehead atoms. The molecule has 0 saturated heterocycles. The Hall–Kier alpha value is -1.38. The molecule has 0 saturated carbocycles. The van der Waals surface area contributed by atoms with Gasteiger partial charge in [-0.15, -0.1) is 0 Å². The van der Waals surface area contributed by atoms with Crippen molar-refractivity contribution in [1.82, 2.24) is 9.78 Å². The Kier molecular flexibility index (Phi) is 4.11. The van der Waals surface area contributed by atoms with Gasteiger partial charge >= 0.3 is 0 Å². The maximum absolute atomic E-state index is 11.6. The van der Waals surface area contributed by atoms with Gasteiger partial charge < -0.3 is 0 Å². The molecule has 1 aromatic rings. The molecule has 0 aliphatic carbocycles. The fourth-order valence-corrected chi connectivity index (χ4v) is 1.24. The van der Waals surface area contributed by atoms with Crippen LogP contribution in [0.5, 0.6) is 0 Å². The van der Waals surface area contributed by atoms with E-state index in [2.05, 4.69) is 12.0 Å². The van der Waals surface area contributed by atoms with E-state index < -0.39 is 0 Å². The van der Waals surface area contributed by atoms with Crippen molar-refractivity contribution < 1.29 is 4.79 Å². The zero-order chi connectivity index (χ0) is 10.4. The van der Waals surface area contributed by atoms with Gasteiger partial charge in [0, 0.05) is 12.7 Å². The number of hydrogen-bond acceptors (Lipinski definition) is 2. The van der Waals surface area contributed by atoms with Crippen molar-refractivity contribution in [3.63, 3.8) is 0 Å². The lowest BCUT2D eigenvalue weighted by Crippen LogP contribution is -2.08. The van der Waals surface area contributed by atoms with Crippen LogP contribution in [-0.2, 0) is 6.54 Å². The van der Waals surface area contributed by atoms with Crippen LogP contribution in [0.3, 0.4) is 0 Å². The lowest BCUT2D eigenvalue weighted by atomic mass is 10.2. The molecule has 0 atom stereocenters. The Morgan fingerprint density at radius 3 is 3.00 bits per heavy atom. The highest BCUT2D eigenvalue weighted by Crippen LogP contribution is 2.02. The molecule has 1 aromatic heterocycles. The fraction of sp³-hybridized carbons (Fsp3) is 0.455. The van der Waals surface area contributed by atoms with Gasteiger partial charge in [0.05, 0.1) is 0 Å². The molecule has 0 radical (unpaired) electrons. The van der Waals surface area contributed by atoms with Gasteiger partial charge in [-0.25, -0.2) is 0 Å². The van der Waals surface area contributed by atoms with E-state index in [4.69, 9.17) is 0 Å². The molecular weight excluding hydrogens is 176 g/mol. The number of rotatable bonds is 5. The monoisotopic (exact) mass is 192 g/mol. The van der Waals surface area contributed by atoms with E-state index in [0.717, 1.165) is 19.4 Å². The Bertz CT molecular complexity index is 326. The van der Waals surface area contributed by atoms with E-state index in [1.165, 1.54) is 0 Å². The van der Waals surface area contributed by atoms with Crippen molar-refractivity contribution in [3.8, 4) is 0 Å².